The lowest BCUT2D eigenvalue weighted by Gasteiger charge is -2.24. The van der Waals surface area contributed by atoms with Crippen molar-refractivity contribution >= 4 is 17.3 Å². The Morgan fingerprint density at radius 1 is 1.05 bits per heavy atom. The summed E-state index contributed by atoms with van der Waals surface area (Å²) in [6, 6.07) is 18.7. The Balaban J connectivity index is 2.00. The molecule has 20 heavy (non-hydrogen) atoms. The maximum atomic E-state index is 6.28. The second kappa shape index (κ2) is 7.32. The molecule has 2 aromatic rings. The molecule has 0 amide bonds. The third-order valence-corrected chi connectivity index (χ3v) is 3.92. The van der Waals surface area contributed by atoms with Gasteiger partial charge in [0, 0.05) is 30.3 Å². The van der Waals surface area contributed by atoms with Gasteiger partial charge in [-0.2, -0.15) is 0 Å². The van der Waals surface area contributed by atoms with E-state index in [0.717, 1.165) is 23.6 Å². The fraction of sp³-hybridized carbons (Fsp3) is 0.294. The van der Waals surface area contributed by atoms with Crippen LogP contribution in [0.15, 0.2) is 54.6 Å². The Morgan fingerprint density at radius 3 is 2.35 bits per heavy atom. The van der Waals surface area contributed by atoms with Gasteiger partial charge in [-0.25, -0.2) is 0 Å². The van der Waals surface area contributed by atoms with E-state index in [1.807, 2.05) is 31.3 Å². The summed E-state index contributed by atoms with van der Waals surface area (Å²) in [4.78, 5) is 2.27. The van der Waals surface area contributed by atoms with Crippen LogP contribution >= 0.6 is 11.6 Å². The van der Waals surface area contributed by atoms with Crippen LogP contribution in [0.4, 0.5) is 5.69 Å². The van der Waals surface area contributed by atoms with Gasteiger partial charge in [-0.15, -0.1) is 0 Å². The molecule has 0 aliphatic rings. The van der Waals surface area contributed by atoms with E-state index in [0.29, 0.717) is 0 Å². The van der Waals surface area contributed by atoms with Crippen molar-refractivity contribution in [2.75, 3.05) is 25.5 Å². The van der Waals surface area contributed by atoms with Crippen molar-refractivity contribution in [2.45, 2.75) is 12.5 Å². The first kappa shape index (κ1) is 14.9. The van der Waals surface area contributed by atoms with Crippen molar-refractivity contribution < 1.29 is 0 Å². The van der Waals surface area contributed by atoms with Gasteiger partial charge in [0.25, 0.3) is 0 Å². The number of nitrogens with one attached hydrogen (secondary N) is 1. The summed E-state index contributed by atoms with van der Waals surface area (Å²) < 4.78 is 0. The third-order valence-electron chi connectivity index (χ3n) is 3.58. The molecule has 0 radical (unpaired) electrons. The summed E-state index contributed by atoms with van der Waals surface area (Å²) in [5, 5.41) is 4.18. The van der Waals surface area contributed by atoms with E-state index in [2.05, 4.69) is 47.6 Å². The van der Waals surface area contributed by atoms with Crippen LogP contribution < -0.4 is 10.2 Å². The zero-order valence-corrected chi connectivity index (χ0v) is 12.8. The van der Waals surface area contributed by atoms with Gasteiger partial charge < -0.3 is 10.2 Å². The van der Waals surface area contributed by atoms with Crippen molar-refractivity contribution in [3.63, 3.8) is 0 Å². The number of benzene rings is 2. The molecule has 1 atom stereocenters. The highest BCUT2D eigenvalue weighted by atomic mass is 35.5. The second-order valence-electron chi connectivity index (χ2n) is 4.91. The summed E-state index contributed by atoms with van der Waals surface area (Å²) >= 11 is 6.28. The molecular weight excluding hydrogens is 268 g/mol. The minimum absolute atomic E-state index is 0.273. The van der Waals surface area contributed by atoms with Crippen molar-refractivity contribution in [2.24, 2.45) is 0 Å². The molecule has 0 aliphatic carbocycles. The van der Waals surface area contributed by atoms with E-state index >= 15 is 0 Å². The molecule has 0 aromatic heterocycles. The summed E-state index contributed by atoms with van der Waals surface area (Å²) in [7, 11) is 4.10. The maximum Gasteiger partial charge on any atom is 0.0453 e. The number of hydrogen-bond acceptors (Lipinski definition) is 2. The molecular formula is C17H21ClN2. The topological polar surface area (TPSA) is 15.3 Å². The van der Waals surface area contributed by atoms with Crippen molar-refractivity contribution in [3.8, 4) is 0 Å². The number of rotatable bonds is 6. The fourth-order valence-electron chi connectivity index (χ4n) is 2.35. The monoisotopic (exact) mass is 288 g/mol. The molecule has 0 saturated heterocycles. The summed E-state index contributed by atoms with van der Waals surface area (Å²) in [5.41, 5.74) is 2.40. The van der Waals surface area contributed by atoms with Crippen LogP contribution in [0.25, 0.3) is 0 Å². The standard InChI is InChI=1S/C17H21ClN2/c1-19-17(15-10-6-7-11-16(15)18)12-13-20(2)14-8-4-3-5-9-14/h3-11,17,19H,12-13H2,1-2H3. The van der Waals surface area contributed by atoms with Crippen LogP contribution in [-0.2, 0) is 0 Å². The van der Waals surface area contributed by atoms with Gasteiger partial charge in [-0.1, -0.05) is 48.0 Å². The molecule has 2 aromatic carbocycles. The second-order valence-corrected chi connectivity index (χ2v) is 5.32. The Hall–Kier alpha value is -1.51. The minimum atomic E-state index is 0.273. The molecule has 0 fully saturated rings. The van der Waals surface area contributed by atoms with Gasteiger partial charge >= 0.3 is 0 Å². The number of halogens is 1. The van der Waals surface area contributed by atoms with Gasteiger partial charge in [-0.3, -0.25) is 0 Å². The number of anilines is 1. The predicted molar refractivity (Wildman–Crippen MR) is 87.6 cm³/mol. The smallest absolute Gasteiger partial charge is 0.0453 e. The van der Waals surface area contributed by atoms with Gasteiger partial charge in [0.2, 0.25) is 0 Å². The Bertz CT molecular complexity index is 528. The number of para-hydroxylation sites is 1. The quantitative estimate of drug-likeness (QED) is 0.860. The Morgan fingerprint density at radius 2 is 1.70 bits per heavy atom. The molecule has 1 unspecified atom stereocenters. The first-order valence-electron chi connectivity index (χ1n) is 6.90. The van der Waals surface area contributed by atoms with Crippen LogP contribution in [0.3, 0.4) is 0 Å². The highest BCUT2D eigenvalue weighted by Crippen LogP contribution is 2.25. The van der Waals surface area contributed by atoms with Gasteiger partial charge in [0.1, 0.15) is 0 Å². The van der Waals surface area contributed by atoms with Crippen LogP contribution in [0.5, 0.6) is 0 Å². The van der Waals surface area contributed by atoms with E-state index in [4.69, 9.17) is 11.6 Å². The Kier molecular flexibility index (Phi) is 5.45. The van der Waals surface area contributed by atoms with Crippen LogP contribution in [0.1, 0.15) is 18.0 Å². The van der Waals surface area contributed by atoms with Crippen LogP contribution in [0.2, 0.25) is 5.02 Å². The van der Waals surface area contributed by atoms with Crippen molar-refractivity contribution in [1.82, 2.24) is 5.32 Å². The number of nitrogens with zero attached hydrogens (tertiary/aromatic N) is 1. The summed E-state index contributed by atoms with van der Waals surface area (Å²) in [6.07, 6.45) is 1.01. The average Bonchev–Trinajstić information content (AvgIpc) is 2.50. The molecule has 1 N–H and O–H groups in total. The van der Waals surface area contributed by atoms with Crippen LogP contribution in [-0.4, -0.2) is 20.6 Å². The highest BCUT2D eigenvalue weighted by molar-refractivity contribution is 6.31. The molecule has 0 spiro atoms. The molecule has 0 aliphatic heterocycles. The van der Waals surface area contributed by atoms with E-state index in [-0.39, 0.29) is 6.04 Å². The average molecular weight is 289 g/mol. The zero-order chi connectivity index (χ0) is 14.4. The van der Waals surface area contributed by atoms with Gasteiger partial charge in [0.05, 0.1) is 0 Å². The molecule has 0 saturated carbocycles. The normalized spacial score (nSPS) is 12.2. The third kappa shape index (κ3) is 3.75. The van der Waals surface area contributed by atoms with E-state index < -0.39 is 0 Å². The first-order chi connectivity index (χ1) is 9.72. The van der Waals surface area contributed by atoms with Crippen molar-refractivity contribution in [1.29, 1.82) is 0 Å². The minimum Gasteiger partial charge on any atom is -0.375 e. The van der Waals surface area contributed by atoms with E-state index in [9.17, 15) is 0 Å². The first-order valence-corrected chi connectivity index (χ1v) is 7.28. The van der Waals surface area contributed by atoms with E-state index in [1.165, 1.54) is 5.69 Å². The number of hydrogen-bond donors (Lipinski definition) is 1. The summed E-state index contributed by atoms with van der Waals surface area (Å²) in [5.74, 6) is 0. The molecule has 0 bridgehead atoms. The lowest BCUT2D eigenvalue weighted by Crippen LogP contribution is -2.25. The van der Waals surface area contributed by atoms with Gasteiger partial charge in [0.15, 0.2) is 0 Å². The van der Waals surface area contributed by atoms with Crippen LogP contribution in [0, 0.1) is 0 Å². The molecule has 3 heteroatoms. The van der Waals surface area contributed by atoms with Gasteiger partial charge in [-0.05, 0) is 37.2 Å². The zero-order valence-electron chi connectivity index (χ0n) is 12.0. The lowest BCUT2D eigenvalue weighted by molar-refractivity contribution is 0.549. The largest absolute Gasteiger partial charge is 0.375 e. The molecule has 0 heterocycles. The van der Waals surface area contributed by atoms with Crippen molar-refractivity contribution in [3.05, 3.63) is 65.2 Å². The highest BCUT2D eigenvalue weighted by Gasteiger charge is 2.13. The fourth-order valence-corrected chi connectivity index (χ4v) is 2.61. The Labute approximate surface area is 126 Å². The maximum absolute atomic E-state index is 6.28. The molecule has 106 valence electrons. The molecule has 2 rings (SSSR count). The summed E-state index contributed by atoms with van der Waals surface area (Å²) in [6.45, 7) is 0.973. The predicted octanol–water partition coefficient (Wildman–Crippen LogP) is 4.13. The lowest BCUT2D eigenvalue weighted by atomic mass is 10.0. The SMILES string of the molecule is CNC(CCN(C)c1ccccc1)c1ccccc1Cl. The van der Waals surface area contributed by atoms with E-state index in [1.54, 1.807) is 0 Å². The molecule has 2 nitrogen and oxygen atoms in total.